The third-order valence-corrected chi connectivity index (χ3v) is 10.5. The van der Waals surface area contributed by atoms with Crippen molar-refractivity contribution in [1.29, 1.82) is 0 Å². The molecule has 7 heteroatoms. The maximum atomic E-state index is 16.0. The molecular formula is C42H33NO6. The molecule has 3 aliphatic rings. The number of anilines is 1. The molecule has 0 N–H and O–H groups in total. The van der Waals surface area contributed by atoms with Crippen molar-refractivity contribution in [2.24, 2.45) is 11.8 Å². The molecule has 0 spiro atoms. The van der Waals surface area contributed by atoms with E-state index in [-0.39, 0.29) is 5.78 Å². The van der Waals surface area contributed by atoms with Crippen LogP contribution in [-0.4, -0.2) is 38.9 Å². The standard InChI is InChI=1S/C42H33NO6/c1-47-31-20-14-26(15-21-31)34-35(27-16-22-32(48-2)23-17-27)42(29-12-8-5-9-13-29)37-36(41(34,40(42)46)28-10-6-4-7-11-28)38(44)43(39(37)45)30-18-24-33(49-3)25-19-30/h4-25,36-37H,1-3H3/t36-,37+,41-,42-/m0/s1. The van der Waals surface area contributed by atoms with E-state index in [1.807, 2.05) is 109 Å². The van der Waals surface area contributed by atoms with Crippen molar-refractivity contribution in [3.05, 3.63) is 156 Å². The lowest BCUT2D eigenvalue weighted by molar-refractivity contribution is -0.130. The van der Waals surface area contributed by atoms with Gasteiger partial charge in [-0.2, -0.15) is 0 Å². The Morgan fingerprint density at radius 1 is 0.469 bits per heavy atom. The summed E-state index contributed by atoms with van der Waals surface area (Å²) in [5.74, 6) is -1.11. The molecule has 2 aliphatic carbocycles. The molecule has 5 aromatic carbocycles. The molecule has 242 valence electrons. The molecule has 1 saturated heterocycles. The lowest BCUT2D eigenvalue weighted by atomic mass is 9.59. The van der Waals surface area contributed by atoms with Crippen LogP contribution in [0.25, 0.3) is 11.1 Å². The lowest BCUT2D eigenvalue weighted by Gasteiger charge is -2.39. The Labute approximate surface area is 284 Å². The summed E-state index contributed by atoms with van der Waals surface area (Å²) in [5.41, 5.74) is 1.71. The van der Waals surface area contributed by atoms with Gasteiger partial charge < -0.3 is 14.2 Å². The van der Waals surface area contributed by atoms with Crippen LogP contribution >= 0.6 is 0 Å². The Morgan fingerprint density at radius 2 is 0.816 bits per heavy atom. The zero-order chi connectivity index (χ0) is 33.9. The lowest BCUT2D eigenvalue weighted by Crippen LogP contribution is -2.45. The summed E-state index contributed by atoms with van der Waals surface area (Å²) < 4.78 is 16.4. The average Bonchev–Trinajstić information content (AvgIpc) is 3.67. The van der Waals surface area contributed by atoms with Crippen LogP contribution in [0.5, 0.6) is 17.2 Å². The number of carbonyl (C=O) groups excluding carboxylic acids is 3. The van der Waals surface area contributed by atoms with E-state index in [2.05, 4.69) is 0 Å². The second-order valence-electron chi connectivity index (χ2n) is 12.5. The molecule has 4 atom stereocenters. The van der Waals surface area contributed by atoms with Crippen molar-refractivity contribution < 1.29 is 28.6 Å². The van der Waals surface area contributed by atoms with Crippen molar-refractivity contribution in [2.45, 2.75) is 10.8 Å². The smallest absolute Gasteiger partial charge is 0.239 e. The van der Waals surface area contributed by atoms with E-state index in [4.69, 9.17) is 14.2 Å². The van der Waals surface area contributed by atoms with Crippen LogP contribution in [0.1, 0.15) is 22.3 Å². The number of amides is 2. The number of hydrogen-bond acceptors (Lipinski definition) is 6. The molecule has 1 heterocycles. The SMILES string of the molecule is COc1ccc(C2=C(c3ccc(OC)cc3)[C@]3(c4ccccc4)C(=O)[C@]2(c2ccccc2)[C@@H]2C(=O)N(c4ccc(OC)cc4)C(=O)[C@@H]23)cc1. The zero-order valence-corrected chi connectivity index (χ0v) is 27.3. The van der Waals surface area contributed by atoms with Crippen molar-refractivity contribution in [2.75, 3.05) is 26.2 Å². The second kappa shape index (κ2) is 11.3. The summed E-state index contributed by atoms with van der Waals surface area (Å²) in [6.45, 7) is 0. The predicted octanol–water partition coefficient (Wildman–Crippen LogP) is 6.90. The first-order chi connectivity index (χ1) is 23.9. The van der Waals surface area contributed by atoms with Gasteiger partial charge in [0.15, 0.2) is 5.78 Å². The quantitative estimate of drug-likeness (QED) is 0.171. The van der Waals surface area contributed by atoms with Gasteiger partial charge in [0.25, 0.3) is 0 Å². The third-order valence-electron chi connectivity index (χ3n) is 10.5. The maximum Gasteiger partial charge on any atom is 0.239 e. The van der Waals surface area contributed by atoms with Gasteiger partial charge in [0.1, 0.15) is 17.2 Å². The van der Waals surface area contributed by atoms with Crippen LogP contribution in [-0.2, 0) is 25.2 Å². The fraction of sp³-hybridized carbons (Fsp3) is 0.167. The van der Waals surface area contributed by atoms with Gasteiger partial charge >= 0.3 is 0 Å². The van der Waals surface area contributed by atoms with Crippen molar-refractivity contribution in [3.8, 4) is 17.2 Å². The number of imide groups is 1. The number of nitrogens with zero attached hydrogens (tertiary/aromatic N) is 1. The van der Waals surface area contributed by atoms with Gasteiger partial charge in [-0.25, -0.2) is 4.90 Å². The van der Waals surface area contributed by atoms with Gasteiger partial charge in [0.05, 0.1) is 49.7 Å². The normalized spacial score (nSPS) is 24.0. The Bertz CT molecular complexity index is 2000. The minimum absolute atomic E-state index is 0.180. The molecule has 1 saturated carbocycles. The topological polar surface area (TPSA) is 82.1 Å². The fourth-order valence-corrected chi connectivity index (χ4v) is 8.63. The van der Waals surface area contributed by atoms with E-state index in [1.54, 1.807) is 45.6 Å². The van der Waals surface area contributed by atoms with Gasteiger partial charge in [-0.1, -0.05) is 84.9 Å². The zero-order valence-electron chi connectivity index (χ0n) is 27.3. The summed E-state index contributed by atoms with van der Waals surface area (Å²) >= 11 is 0. The number of Topliss-reactive ketones (excluding diaryl/α,β-unsaturated/α-hetero) is 1. The number of allylic oxidation sites excluding steroid dienone is 2. The number of fused-ring (bicyclic) bond motifs is 5. The predicted molar refractivity (Wildman–Crippen MR) is 187 cm³/mol. The van der Waals surface area contributed by atoms with Crippen LogP contribution in [0.2, 0.25) is 0 Å². The number of carbonyl (C=O) groups is 3. The number of ether oxygens (including phenoxy) is 3. The van der Waals surface area contributed by atoms with E-state index < -0.39 is 34.5 Å². The number of ketones is 1. The molecule has 2 fully saturated rings. The number of hydrogen-bond donors (Lipinski definition) is 0. The summed E-state index contributed by atoms with van der Waals surface area (Å²) in [6, 6.07) is 41.0. The maximum absolute atomic E-state index is 16.0. The fourth-order valence-electron chi connectivity index (χ4n) is 8.63. The number of methoxy groups -OCH3 is 3. The summed E-state index contributed by atoms with van der Waals surface area (Å²) in [7, 11) is 4.78. The molecule has 0 aromatic heterocycles. The molecule has 7 nitrogen and oxygen atoms in total. The van der Waals surface area contributed by atoms with E-state index in [0.29, 0.717) is 45.2 Å². The Kier molecular flexibility index (Phi) is 7.03. The van der Waals surface area contributed by atoms with E-state index in [0.717, 1.165) is 11.1 Å². The van der Waals surface area contributed by atoms with Crippen LogP contribution in [0.4, 0.5) is 5.69 Å². The molecule has 5 aromatic rings. The van der Waals surface area contributed by atoms with Crippen molar-refractivity contribution in [3.63, 3.8) is 0 Å². The van der Waals surface area contributed by atoms with Gasteiger partial charge in [-0.05, 0) is 81.9 Å². The third kappa shape index (κ3) is 3.99. The molecular weight excluding hydrogens is 614 g/mol. The highest BCUT2D eigenvalue weighted by Gasteiger charge is 2.82. The Hall–Kier alpha value is -5.95. The summed E-state index contributed by atoms with van der Waals surface area (Å²) in [4.78, 5) is 47.5. The molecule has 0 unspecified atom stereocenters. The largest absolute Gasteiger partial charge is 0.497 e. The van der Waals surface area contributed by atoms with E-state index in [1.165, 1.54) is 4.90 Å². The second-order valence-corrected chi connectivity index (χ2v) is 12.5. The van der Waals surface area contributed by atoms with Crippen LogP contribution in [0.15, 0.2) is 133 Å². The van der Waals surface area contributed by atoms with E-state index in [9.17, 15) is 0 Å². The van der Waals surface area contributed by atoms with Gasteiger partial charge in [-0.3, -0.25) is 14.4 Å². The molecule has 2 bridgehead atoms. The highest BCUT2D eigenvalue weighted by molar-refractivity contribution is 6.39. The summed E-state index contributed by atoms with van der Waals surface area (Å²) in [6.07, 6.45) is 0. The van der Waals surface area contributed by atoms with Crippen LogP contribution in [0, 0.1) is 11.8 Å². The summed E-state index contributed by atoms with van der Waals surface area (Å²) in [5, 5.41) is 0. The highest BCUT2D eigenvalue weighted by atomic mass is 16.5. The molecule has 49 heavy (non-hydrogen) atoms. The van der Waals surface area contributed by atoms with Gasteiger partial charge in [0, 0.05) is 0 Å². The Morgan fingerprint density at radius 3 is 1.16 bits per heavy atom. The van der Waals surface area contributed by atoms with Crippen molar-refractivity contribution >= 4 is 34.4 Å². The number of benzene rings is 5. The molecule has 2 amide bonds. The van der Waals surface area contributed by atoms with Gasteiger partial charge in [0.2, 0.25) is 11.8 Å². The van der Waals surface area contributed by atoms with Crippen LogP contribution < -0.4 is 19.1 Å². The molecule has 0 radical (unpaired) electrons. The average molecular weight is 648 g/mol. The monoisotopic (exact) mass is 647 g/mol. The highest BCUT2D eigenvalue weighted by Crippen LogP contribution is 2.74. The molecule has 8 rings (SSSR count). The minimum atomic E-state index is -1.50. The first kappa shape index (κ1) is 30.4. The van der Waals surface area contributed by atoms with Crippen LogP contribution in [0.3, 0.4) is 0 Å². The first-order valence-electron chi connectivity index (χ1n) is 16.1. The first-order valence-corrected chi connectivity index (χ1v) is 16.1. The minimum Gasteiger partial charge on any atom is -0.497 e. The van der Waals surface area contributed by atoms with E-state index >= 15 is 14.4 Å². The molecule has 1 aliphatic heterocycles. The van der Waals surface area contributed by atoms with Crippen molar-refractivity contribution in [1.82, 2.24) is 0 Å². The van der Waals surface area contributed by atoms with Gasteiger partial charge in [-0.15, -0.1) is 0 Å². The number of rotatable bonds is 8. The Balaban J connectivity index is 1.52.